The Morgan fingerprint density at radius 2 is 2.11 bits per heavy atom. The van der Waals surface area contributed by atoms with Gasteiger partial charge in [-0.1, -0.05) is 23.4 Å². The van der Waals surface area contributed by atoms with Gasteiger partial charge in [0.1, 0.15) is 11.0 Å². The molecule has 98 valence electrons. The Kier molecular flexibility index (Phi) is 4.66. The normalized spacial score (nSPS) is 15.7. The number of carbonyl (C=O) groups is 1. The number of aliphatic carboxylic acids is 1. The Bertz CT molecular complexity index is 438. The van der Waals surface area contributed by atoms with Gasteiger partial charge in [-0.15, -0.1) is 0 Å². The maximum atomic E-state index is 10.5. The zero-order chi connectivity index (χ0) is 13.0. The molecule has 0 saturated carbocycles. The fraction of sp³-hybridized carbons (Fsp3) is 0.545. The van der Waals surface area contributed by atoms with Crippen LogP contribution in [0.4, 0.5) is 5.82 Å². The first-order valence-corrected chi connectivity index (χ1v) is 7.15. The third-order valence-electron chi connectivity index (χ3n) is 2.67. The summed E-state index contributed by atoms with van der Waals surface area (Å²) >= 11 is 7.03. The first kappa shape index (κ1) is 13.4. The van der Waals surface area contributed by atoms with Gasteiger partial charge < -0.3 is 10.0 Å². The van der Waals surface area contributed by atoms with Crippen molar-refractivity contribution in [2.75, 3.05) is 23.7 Å². The molecule has 1 aliphatic rings. The summed E-state index contributed by atoms with van der Waals surface area (Å²) in [6.07, 6.45) is 3.55. The molecule has 0 aliphatic carbocycles. The van der Waals surface area contributed by atoms with E-state index in [-0.39, 0.29) is 5.75 Å². The molecule has 1 aromatic rings. The van der Waals surface area contributed by atoms with Crippen LogP contribution in [0.3, 0.4) is 0 Å². The zero-order valence-corrected chi connectivity index (χ0v) is 11.4. The predicted octanol–water partition coefficient (Wildman–Crippen LogP) is 2.30. The third-order valence-corrected chi connectivity index (χ3v) is 3.69. The molecule has 2 heterocycles. The number of carboxylic acids is 1. The van der Waals surface area contributed by atoms with E-state index in [0.29, 0.717) is 10.3 Å². The lowest BCUT2D eigenvalue weighted by Gasteiger charge is -2.27. The minimum Gasteiger partial charge on any atom is -0.481 e. The van der Waals surface area contributed by atoms with Crippen LogP contribution in [-0.2, 0) is 4.79 Å². The molecule has 1 aliphatic heterocycles. The Hall–Kier alpha value is -1.01. The molecule has 0 aromatic carbocycles. The van der Waals surface area contributed by atoms with Crippen molar-refractivity contribution in [3.8, 4) is 0 Å². The number of thioether (sulfide) groups is 1. The quantitative estimate of drug-likeness (QED) is 0.521. The van der Waals surface area contributed by atoms with Crippen molar-refractivity contribution < 1.29 is 9.90 Å². The summed E-state index contributed by atoms with van der Waals surface area (Å²) in [5, 5.41) is 9.42. The number of carboxylic acid groups (broad SMARTS) is 1. The van der Waals surface area contributed by atoms with Gasteiger partial charge in [0.25, 0.3) is 0 Å². The summed E-state index contributed by atoms with van der Waals surface area (Å²) < 4.78 is 0. The lowest BCUT2D eigenvalue weighted by Crippen LogP contribution is -2.30. The fourth-order valence-electron chi connectivity index (χ4n) is 1.86. The molecule has 0 unspecified atom stereocenters. The van der Waals surface area contributed by atoms with Crippen molar-refractivity contribution in [1.82, 2.24) is 9.97 Å². The Balaban J connectivity index is 2.12. The number of hydrogen-bond acceptors (Lipinski definition) is 5. The van der Waals surface area contributed by atoms with Gasteiger partial charge in [0.2, 0.25) is 0 Å². The number of anilines is 1. The molecular formula is C11H14ClN3O2S. The van der Waals surface area contributed by atoms with E-state index in [4.69, 9.17) is 16.7 Å². The summed E-state index contributed by atoms with van der Waals surface area (Å²) in [7, 11) is 0. The van der Waals surface area contributed by atoms with Gasteiger partial charge in [-0.25, -0.2) is 9.97 Å². The molecule has 5 nitrogen and oxygen atoms in total. The number of piperidine rings is 1. The second kappa shape index (κ2) is 6.24. The highest BCUT2D eigenvalue weighted by Gasteiger charge is 2.14. The van der Waals surface area contributed by atoms with E-state index in [9.17, 15) is 4.79 Å². The largest absolute Gasteiger partial charge is 0.481 e. The van der Waals surface area contributed by atoms with Crippen LogP contribution in [0.2, 0.25) is 5.15 Å². The standard InChI is InChI=1S/C11H14ClN3O2S/c12-8-6-9(15-4-2-1-3-5-15)14-11(13-8)18-7-10(16)17/h6H,1-5,7H2,(H,16,17). The van der Waals surface area contributed by atoms with Crippen LogP contribution in [0, 0.1) is 0 Å². The lowest BCUT2D eigenvalue weighted by molar-refractivity contribution is -0.133. The van der Waals surface area contributed by atoms with Crippen molar-refractivity contribution >= 4 is 35.1 Å². The van der Waals surface area contributed by atoms with Crippen molar-refractivity contribution in [3.05, 3.63) is 11.2 Å². The van der Waals surface area contributed by atoms with Gasteiger partial charge in [-0.3, -0.25) is 4.79 Å². The van der Waals surface area contributed by atoms with Crippen LogP contribution in [0.25, 0.3) is 0 Å². The van der Waals surface area contributed by atoms with Crippen LogP contribution in [0.5, 0.6) is 0 Å². The van der Waals surface area contributed by atoms with E-state index in [1.165, 1.54) is 6.42 Å². The smallest absolute Gasteiger partial charge is 0.313 e. The van der Waals surface area contributed by atoms with Gasteiger partial charge in [-0.2, -0.15) is 0 Å². The average molecular weight is 288 g/mol. The SMILES string of the molecule is O=C(O)CSc1nc(Cl)cc(N2CCCCC2)n1. The maximum absolute atomic E-state index is 10.5. The van der Waals surface area contributed by atoms with E-state index in [1.807, 2.05) is 0 Å². The van der Waals surface area contributed by atoms with Crippen molar-refractivity contribution in [1.29, 1.82) is 0 Å². The summed E-state index contributed by atoms with van der Waals surface area (Å²) in [6, 6.07) is 1.73. The molecule has 0 radical (unpaired) electrons. The fourth-order valence-corrected chi connectivity index (χ4v) is 2.66. The van der Waals surface area contributed by atoms with E-state index in [1.54, 1.807) is 6.07 Å². The van der Waals surface area contributed by atoms with Crippen molar-refractivity contribution in [3.63, 3.8) is 0 Å². The van der Waals surface area contributed by atoms with Crippen LogP contribution >= 0.6 is 23.4 Å². The Morgan fingerprint density at radius 1 is 1.39 bits per heavy atom. The van der Waals surface area contributed by atoms with E-state index in [0.717, 1.165) is 43.5 Å². The molecule has 0 atom stereocenters. The van der Waals surface area contributed by atoms with Crippen LogP contribution in [-0.4, -0.2) is 39.9 Å². The number of hydrogen-bond donors (Lipinski definition) is 1. The van der Waals surface area contributed by atoms with E-state index in [2.05, 4.69) is 14.9 Å². The highest BCUT2D eigenvalue weighted by molar-refractivity contribution is 7.99. The topological polar surface area (TPSA) is 66.3 Å². The predicted molar refractivity (Wildman–Crippen MR) is 71.5 cm³/mol. The monoisotopic (exact) mass is 287 g/mol. The van der Waals surface area contributed by atoms with Gasteiger partial charge in [-0.05, 0) is 19.3 Å². The van der Waals surface area contributed by atoms with Gasteiger partial charge in [0.15, 0.2) is 5.16 Å². The number of nitrogens with zero attached hydrogens (tertiary/aromatic N) is 3. The van der Waals surface area contributed by atoms with Crippen LogP contribution in [0.15, 0.2) is 11.2 Å². The van der Waals surface area contributed by atoms with Crippen molar-refractivity contribution in [2.24, 2.45) is 0 Å². The molecule has 1 N–H and O–H groups in total. The number of halogens is 1. The molecule has 0 bridgehead atoms. The van der Waals surface area contributed by atoms with Gasteiger partial charge >= 0.3 is 5.97 Å². The minimum atomic E-state index is -0.886. The van der Waals surface area contributed by atoms with Gasteiger partial charge in [0.05, 0.1) is 5.75 Å². The molecule has 1 saturated heterocycles. The molecule has 18 heavy (non-hydrogen) atoms. The highest BCUT2D eigenvalue weighted by Crippen LogP contribution is 2.24. The summed E-state index contributed by atoms with van der Waals surface area (Å²) in [5.74, 6) is -0.148. The first-order valence-electron chi connectivity index (χ1n) is 5.79. The Morgan fingerprint density at radius 3 is 2.78 bits per heavy atom. The average Bonchev–Trinajstić information content (AvgIpc) is 2.37. The molecular weight excluding hydrogens is 274 g/mol. The molecule has 1 aromatic heterocycles. The Labute approximate surface area is 115 Å². The summed E-state index contributed by atoms with van der Waals surface area (Å²) in [5.41, 5.74) is 0. The third kappa shape index (κ3) is 3.74. The molecule has 2 rings (SSSR count). The minimum absolute atomic E-state index is 0.0558. The lowest BCUT2D eigenvalue weighted by atomic mass is 10.1. The second-order valence-corrected chi connectivity index (χ2v) is 5.39. The zero-order valence-electron chi connectivity index (χ0n) is 9.80. The molecule has 0 amide bonds. The molecule has 0 spiro atoms. The first-order chi connectivity index (χ1) is 8.65. The summed E-state index contributed by atoms with van der Waals surface area (Å²) in [6.45, 7) is 1.94. The second-order valence-electron chi connectivity index (χ2n) is 4.06. The van der Waals surface area contributed by atoms with E-state index < -0.39 is 5.97 Å². The van der Waals surface area contributed by atoms with Gasteiger partial charge in [0, 0.05) is 19.2 Å². The van der Waals surface area contributed by atoms with Crippen LogP contribution in [0.1, 0.15) is 19.3 Å². The molecule has 1 fully saturated rings. The maximum Gasteiger partial charge on any atom is 0.313 e. The van der Waals surface area contributed by atoms with Crippen molar-refractivity contribution in [2.45, 2.75) is 24.4 Å². The highest BCUT2D eigenvalue weighted by atomic mass is 35.5. The summed E-state index contributed by atoms with van der Waals surface area (Å²) in [4.78, 5) is 21.1. The van der Waals surface area contributed by atoms with E-state index >= 15 is 0 Å². The molecule has 7 heteroatoms. The van der Waals surface area contributed by atoms with Crippen LogP contribution < -0.4 is 4.90 Å². The number of rotatable bonds is 4. The number of aromatic nitrogens is 2.